The number of rotatable bonds is 5. The molecule has 0 bridgehead atoms. The first-order chi connectivity index (χ1) is 8.35. The minimum Gasteiger partial charge on any atom is -0.381 e. The van der Waals surface area contributed by atoms with Gasteiger partial charge in [0.15, 0.2) is 0 Å². The maximum Gasteiger partial charge on any atom is 0.0961 e. The van der Waals surface area contributed by atoms with E-state index < -0.39 is 0 Å². The molecule has 4 heteroatoms. The van der Waals surface area contributed by atoms with Gasteiger partial charge in [-0.05, 0) is 26.3 Å². The number of aromatic nitrogens is 1. The van der Waals surface area contributed by atoms with Crippen LogP contribution in [-0.4, -0.2) is 31.8 Å². The molecule has 0 saturated carbocycles. The Bertz CT molecular complexity index is 315. The van der Waals surface area contributed by atoms with Crippen molar-refractivity contribution in [2.75, 3.05) is 26.8 Å². The Morgan fingerprint density at radius 2 is 2.29 bits per heavy atom. The molecule has 1 fully saturated rings. The summed E-state index contributed by atoms with van der Waals surface area (Å²) in [6, 6.07) is 0. The molecule has 0 amide bonds. The summed E-state index contributed by atoms with van der Waals surface area (Å²) < 4.78 is 5.40. The molecular formula is C13H22N2OS. The molecule has 0 aliphatic carbocycles. The maximum absolute atomic E-state index is 5.40. The fourth-order valence-electron chi connectivity index (χ4n) is 2.32. The number of nitrogens with zero attached hydrogens (tertiary/aromatic N) is 1. The van der Waals surface area contributed by atoms with Gasteiger partial charge < -0.3 is 10.1 Å². The number of thiazole rings is 1. The highest BCUT2D eigenvalue weighted by Gasteiger charge is 2.20. The molecule has 1 N–H and O–H groups in total. The molecule has 96 valence electrons. The van der Waals surface area contributed by atoms with E-state index >= 15 is 0 Å². The van der Waals surface area contributed by atoms with Gasteiger partial charge in [0.25, 0.3) is 0 Å². The summed E-state index contributed by atoms with van der Waals surface area (Å²) in [5, 5.41) is 6.81. The summed E-state index contributed by atoms with van der Waals surface area (Å²) in [4.78, 5) is 4.85. The third kappa shape index (κ3) is 3.27. The zero-order chi connectivity index (χ0) is 12.1. The first-order valence-corrected chi connectivity index (χ1v) is 7.40. The lowest BCUT2D eigenvalue weighted by Gasteiger charge is -2.19. The fourth-order valence-corrected chi connectivity index (χ4v) is 3.40. The molecule has 1 unspecified atom stereocenters. The van der Waals surface area contributed by atoms with Crippen LogP contribution in [0.3, 0.4) is 0 Å². The van der Waals surface area contributed by atoms with Gasteiger partial charge >= 0.3 is 0 Å². The summed E-state index contributed by atoms with van der Waals surface area (Å²) in [7, 11) is 2.01. The van der Waals surface area contributed by atoms with Crippen LogP contribution in [0.1, 0.15) is 48.7 Å². The van der Waals surface area contributed by atoms with Crippen molar-refractivity contribution in [2.45, 2.75) is 38.0 Å². The third-order valence-electron chi connectivity index (χ3n) is 3.47. The van der Waals surface area contributed by atoms with Gasteiger partial charge in [-0.1, -0.05) is 6.92 Å². The van der Waals surface area contributed by atoms with Gasteiger partial charge in [0.2, 0.25) is 0 Å². The van der Waals surface area contributed by atoms with Gasteiger partial charge in [0.05, 0.1) is 10.7 Å². The molecule has 0 aromatic carbocycles. The van der Waals surface area contributed by atoms with Crippen molar-refractivity contribution in [2.24, 2.45) is 0 Å². The van der Waals surface area contributed by atoms with Gasteiger partial charge in [0.1, 0.15) is 0 Å². The first-order valence-electron chi connectivity index (χ1n) is 6.52. The second kappa shape index (κ2) is 6.47. The van der Waals surface area contributed by atoms with Crippen molar-refractivity contribution in [1.82, 2.24) is 10.3 Å². The summed E-state index contributed by atoms with van der Waals surface area (Å²) in [5.74, 6) is 1.19. The normalized spacial score (nSPS) is 19.4. The molecule has 3 nitrogen and oxygen atoms in total. The van der Waals surface area contributed by atoms with E-state index in [2.05, 4.69) is 17.6 Å². The second-order valence-electron chi connectivity index (χ2n) is 4.66. The highest BCUT2D eigenvalue weighted by atomic mass is 32.1. The van der Waals surface area contributed by atoms with E-state index in [-0.39, 0.29) is 0 Å². The number of hydrogen-bond acceptors (Lipinski definition) is 4. The summed E-state index contributed by atoms with van der Waals surface area (Å²) in [6.07, 6.45) is 3.42. The lowest BCUT2D eigenvalue weighted by atomic mass is 10.0. The standard InChI is InChI=1S/C13H22N2OS/c1-3-10(8-14-2)12-9-17-13(15-12)11-4-6-16-7-5-11/h9-11,14H,3-8H2,1-2H3. The molecule has 1 aliphatic rings. The Labute approximate surface area is 108 Å². The van der Waals surface area contributed by atoms with Crippen molar-refractivity contribution in [3.05, 3.63) is 16.1 Å². The Kier molecular flexibility index (Phi) is 4.95. The van der Waals surface area contributed by atoms with E-state index in [1.807, 2.05) is 18.4 Å². The summed E-state index contributed by atoms with van der Waals surface area (Å²) in [5.41, 5.74) is 1.27. The van der Waals surface area contributed by atoms with Crippen LogP contribution in [0.15, 0.2) is 5.38 Å². The van der Waals surface area contributed by atoms with Crippen molar-refractivity contribution >= 4 is 11.3 Å². The van der Waals surface area contributed by atoms with Gasteiger partial charge in [0, 0.05) is 37.0 Å². The molecule has 1 aromatic heterocycles. The topological polar surface area (TPSA) is 34.1 Å². The van der Waals surface area contributed by atoms with Gasteiger partial charge in [-0.15, -0.1) is 11.3 Å². The van der Waals surface area contributed by atoms with Crippen LogP contribution >= 0.6 is 11.3 Å². The predicted molar refractivity (Wildman–Crippen MR) is 71.9 cm³/mol. The Hall–Kier alpha value is -0.450. The number of hydrogen-bond donors (Lipinski definition) is 1. The van der Waals surface area contributed by atoms with Crippen molar-refractivity contribution in [3.8, 4) is 0 Å². The minimum atomic E-state index is 0.560. The molecule has 0 spiro atoms. The maximum atomic E-state index is 5.40. The average Bonchev–Trinajstić information content (AvgIpc) is 2.86. The molecule has 1 atom stereocenters. The zero-order valence-corrected chi connectivity index (χ0v) is 11.6. The van der Waals surface area contributed by atoms with Crippen molar-refractivity contribution in [3.63, 3.8) is 0 Å². The highest BCUT2D eigenvalue weighted by Crippen LogP contribution is 2.31. The molecule has 1 saturated heterocycles. The molecule has 2 rings (SSSR count). The monoisotopic (exact) mass is 254 g/mol. The average molecular weight is 254 g/mol. The third-order valence-corrected chi connectivity index (χ3v) is 4.50. The quantitative estimate of drug-likeness (QED) is 0.877. The van der Waals surface area contributed by atoms with E-state index in [9.17, 15) is 0 Å². The molecular weight excluding hydrogens is 232 g/mol. The second-order valence-corrected chi connectivity index (χ2v) is 5.55. The SMILES string of the molecule is CCC(CNC)c1csc(C2CCOCC2)n1. The Balaban J connectivity index is 2.03. The van der Waals surface area contributed by atoms with Gasteiger partial charge in [-0.2, -0.15) is 0 Å². The fraction of sp³-hybridized carbons (Fsp3) is 0.769. The molecule has 1 aromatic rings. The molecule has 0 radical (unpaired) electrons. The van der Waals surface area contributed by atoms with E-state index in [1.54, 1.807) is 0 Å². The number of ether oxygens (including phenoxy) is 1. The van der Waals surface area contributed by atoms with Crippen molar-refractivity contribution < 1.29 is 4.74 Å². The van der Waals surface area contributed by atoms with Gasteiger partial charge in [-0.3, -0.25) is 0 Å². The van der Waals surface area contributed by atoms with E-state index in [4.69, 9.17) is 9.72 Å². The van der Waals surface area contributed by atoms with Crippen LogP contribution in [0.2, 0.25) is 0 Å². The largest absolute Gasteiger partial charge is 0.381 e. The lowest BCUT2D eigenvalue weighted by Crippen LogP contribution is -2.17. The minimum absolute atomic E-state index is 0.560. The van der Waals surface area contributed by atoms with Crippen LogP contribution in [0, 0.1) is 0 Å². The predicted octanol–water partition coefficient (Wildman–Crippen LogP) is 2.75. The smallest absolute Gasteiger partial charge is 0.0961 e. The van der Waals surface area contributed by atoms with Crippen LogP contribution in [0.25, 0.3) is 0 Å². The first kappa shape index (κ1) is 13.0. The van der Waals surface area contributed by atoms with Crippen LogP contribution in [0.4, 0.5) is 0 Å². The van der Waals surface area contributed by atoms with Crippen LogP contribution in [-0.2, 0) is 4.74 Å². The molecule has 1 aliphatic heterocycles. The molecule has 2 heterocycles. The zero-order valence-electron chi connectivity index (χ0n) is 10.7. The lowest BCUT2D eigenvalue weighted by molar-refractivity contribution is 0.0852. The van der Waals surface area contributed by atoms with Crippen molar-refractivity contribution in [1.29, 1.82) is 0 Å². The number of nitrogens with one attached hydrogen (secondary N) is 1. The van der Waals surface area contributed by atoms with Crippen LogP contribution in [0.5, 0.6) is 0 Å². The highest BCUT2D eigenvalue weighted by molar-refractivity contribution is 7.09. The summed E-state index contributed by atoms with van der Waals surface area (Å²) in [6.45, 7) is 5.05. The van der Waals surface area contributed by atoms with E-state index in [0.717, 1.165) is 39.0 Å². The van der Waals surface area contributed by atoms with Crippen LogP contribution < -0.4 is 5.32 Å². The molecule has 17 heavy (non-hydrogen) atoms. The van der Waals surface area contributed by atoms with E-state index in [1.165, 1.54) is 10.7 Å². The summed E-state index contributed by atoms with van der Waals surface area (Å²) >= 11 is 1.83. The van der Waals surface area contributed by atoms with E-state index in [0.29, 0.717) is 11.8 Å². The Morgan fingerprint density at radius 1 is 1.53 bits per heavy atom. The Morgan fingerprint density at radius 3 is 2.94 bits per heavy atom. The van der Waals surface area contributed by atoms with Gasteiger partial charge in [-0.25, -0.2) is 4.98 Å². The number of likely N-dealkylation sites (N-methyl/N-ethyl adjacent to an activating group) is 1.